The molecular weight excluding hydrogens is 264 g/mol. The van der Waals surface area contributed by atoms with Crippen molar-refractivity contribution >= 4 is 5.97 Å². The molecular formula is C18H26O3. The number of esters is 1. The number of carbonyl (C=O) groups excluding carboxylic acids is 1. The van der Waals surface area contributed by atoms with Crippen molar-refractivity contribution in [3.63, 3.8) is 0 Å². The molecule has 0 spiro atoms. The van der Waals surface area contributed by atoms with Gasteiger partial charge in [0.1, 0.15) is 6.10 Å². The third-order valence-electron chi connectivity index (χ3n) is 5.44. The predicted molar refractivity (Wildman–Crippen MR) is 81.5 cm³/mol. The zero-order valence-electron chi connectivity index (χ0n) is 12.8. The van der Waals surface area contributed by atoms with Crippen LogP contribution in [0.3, 0.4) is 0 Å². The van der Waals surface area contributed by atoms with Crippen molar-refractivity contribution in [2.75, 3.05) is 0 Å². The minimum absolute atomic E-state index is 0.0862. The number of rotatable bonds is 3. The Kier molecular flexibility index (Phi) is 4.48. The first-order chi connectivity index (χ1) is 10.1. The second-order valence-corrected chi connectivity index (χ2v) is 6.94. The Morgan fingerprint density at radius 2 is 2.14 bits per heavy atom. The highest BCUT2D eigenvalue weighted by Gasteiger charge is 2.35. The molecule has 3 aliphatic rings. The van der Waals surface area contributed by atoms with Gasteiger partial charge in [0.05, 0.1) is 12.5 Å². The molecule has 0 amide bonds. The van der Waals surface area contributed by atoms with Crippen LogP contribution in [0.25, 0.3) is 0 Å². The SMILES string of the molecule is C[C@H]1C=CC2C=CCC[C@@H]2[C@H]1CC[C@@H]1C[C@@H](O)CC(=O)O1. The summed E-state index contributed by atoms with van der Waals surface area (Å²) in [6.07, 6.45) is 14.0. The van der Waals surface area contributed by atoms with E-state index in [1.54, 1.807) is 0 Å². The maximum Gasteiger partial charge on any atom is 0.308 e. The van der Waals surface area contributed by atoms with Crippen molar-refractivity contribution in [1.82, 2.24) is 0 Å². The van der Waals surface area contributed by atoms with E-state index in [0.29, 0.717) is 24.2 Å². The number of hydrogen-bond acceptors (Lipinski definition) is 3. The Morgan fingerprint density at radius 3 is 2.95 bits per heavy atom. The molecule has 1 N–H and O–H groups in total. The molecule has 0 radical (unpaired) electrons. The summed E-state index contributed by atoms with van der Waals surface area (Å²) < 4.78 is 5.39. The Labute approximate surface area is 127 Å². The van der Waals surface area contributed by atoms with Crippen molar-refractivity contribution in [1.29, 1.82) is 0 Å². The highest BCUT2D eigenvalue weighted by Crippen LogP contribution is 2.42. The van der Waals surface area contributed by atoms with E-state index in [2.05, 4.69) is 31.2 Å². The molecule has 0 aromatic rings. The van der Waals surface area contributed by atoms with Gasteiger partial charge in [-0.2, -0.15) is 0 Å². The largest absolute Gasteiger partial charge is 0.462 e. The normalized spacial score (nSPS) is 42.5. The maximum absolute atomic E-state index is 11.4. The number of cyclic esters (lactones) is 1. The third kappa shape index (κ3) is 3.39. The van der Waals surface area contributed by atoms with Gasteiger partial charge in [-0.05, 0) is 49.4 Å². The van der Waals surface area contributed by atoms with E-state index < -0.39 is 6.10 Å². The van der Waals surface area contributed by atoms with Gasteiger partial charge < -0.3 is 9.84 Å². The van der Waals surface area contributed by atoms with Crippen LogP contribution >= 0.6 is 0 Å². The second-order valence-electron chi connectivity index (χ2n) is 6.94. The molecule has 0 aromatic carbocycles. The van der Waals surface area contributed by atoms with Gasteiger partial charge in [0, 0.05) is 6.42 Å². The zero-order valence-corrected chi connectivity index (χ0v) is 12.8. The van der Waals surface area contributed by atoms with Crippen molar-refractivity contribution in [3.8, 4) is 0 Å². The van der Waals surface area contributed by atoms with Crippen LogP contribution in [-0.4, -0.2) is 23.3 Å². The van der Waals surface area contributed by atoms with Crippen molar-refractivity contribution in [3.05, 3.63) is 24.3 Å². The number of carbonyl (C=O) groups is 1. The molecule has 3 heteroatoms. The summed E-state index contributed by atoms with van der Waals surface area (Å²) >= 11 is 0. The van der Waals surface area contributed by atoms with Crippen LogP contribution in [-0.2, 0) is 9.53 Å². The van der Waals surface area contributed by atoms with Crippen LogP contribution in [0.4, 0.5) is 0 Å². The zero-order chi connectivity index (χ0) is 14.8. The smallest absolute Gasteiger partial charge is 0.308 e. The van der Waals surface area contributed by atoms with Crippen LogP contribution in [0.1, 0.15) is 45.4 Å². The van der Waals surface area contributed by atoms with Crippen LogP contribution < -0.4 is 0 Å². The van der Waals surface area contributed by atoms with Crippen molar-refractivity contribution in [2.24, 2.45) is 23.7 Å². The summed E-state index contributed by atoms with van der Waals surface area (Å²) in [5.41, 5.74) is 0. The second kappa shape index (κ2) is 6.35. The lowest BCUT2D eigenvalue weighted by molar-refractivity contribution is -0.160. The van der Waals surface area contributed by atoms with E-state index in [0.717, 1.165) is 18.8 Å². The van der Waals surface area contributed by atoms with E-state index in [9.17, 15) is 9.90 Å². The quantitative estimate of drug-likeness (QED) is 0.641. The number of aliphatic hydroxyl groups is 1. The Bertz CT molecular complexity index is 440. The summed E-state index contributed by atoms with van der Waals surface area (Å²) in [5, 5.41) is 9.71. The molecule has 0 saturated carbocycles. The van der Waals surface area contributed by atoms with Gasteiger partial charge in [-0.1, -0.05) is 31.2 Å². The highest BCUT2D eigenvalue weighted by molar-refractivity contribution is 5.70. The Hall–Kier alpha value is -1.09. The van der Waals surface area contributed by atoms with Crippen LogP contribution in [0.5, 0.6) is 0 Å². The maximum atomic E-state index is 11.4. The summed E-state index contributed by atoms with van der Waals surface area (Å²) in [5.74, 6) is 2.36. The van der Waals surface area contributed by atoms with Crippen LogP contribution in [0.15, 0.2) is 24.3 Å². The minimum atomic E-state index is -0.509. The molecule has 116 valence electrons. The number of ether oxygens (including phenoxy) is 1. The third-order valence-corrected chi connectivity index (χ3v) is 5.44. The number of fused-ring (bicyclic) bond motifs is 1. The lowest BCUT2D eigenvalue weighted by Crippen LogP contribution is -2.35. The fourth-order valence-electron chi connectivity index (χ4n) is 4.31. The molecule has 1 aliphatic heterocycles. The molecule has 1 heterocycles. The first-order valence-corrected chi connectivity index (χ1v) is 8.36. The summed E-state index contributed by atoms with van der Waals surface area (Å²) in [6, 6.07) is 0. The fraction of sp³-hybridized carbons (Fsp3) is 0.722. The van der Waals surface area contributed by atoms with E-state index in [1.165, 1.54) is 12.8 Å². The van der Waals surface area contributed by atoms with Crippen LogP contribution in [0, 0.1) is 23.7 Å². The van der Waals surface area contributed by atoms with Gasteiger partial charge in [-0.15, -0.1) is 0 Å². The molecule has 21 heavy (non-hydrogen) atoms. The number of hydrogen-bond donors (Lipinski definition) is 1. The number of allylic oxidation sites excluding steroid dienone is 4. The van der Waals surface area contributed by atoms with Gasteiger partial charge in [-0.3, -0.25) is 4.79 Å². The molecule has 0 bridgehead atoms. The number of aliphatic hydroxyl groups excluding tert-OH is 1. The van der Waals surface area contributed by atoms with Crippen molar-refractivity contribution in [2.45, 2.75) is 57.7 Å². The van der Waals surface area contributed by atoms with E-state index in [4.69, 9.17) is 4.74 Å². The molecule has 2 aliphatic carbocycles. The average molecular weight is 290 g/mol. The molecule has 0 aromatic heterocycles. The first-order valence-electron chi connectivity index (χ1n) is 8.36. The molecule has 3 rings (SSSR count). The predicted octanol–water partition coefficient (Wildman–Crippen LogP) is 3.24. The highest BCUT2D eigenvalue weighted by atomic mass is 16.5. The summed E-state index contributed by atoms with van der Waals surface area (Å²) in [6.45, 7) is 2.30. The van der Waals surface area contributed by atoms with Gasteiger partial charge in [-0.25, -0.2) is 0 Å². The fourth-order valence-corrected chi connectivity index (χ4v) is 4.31. The van der Waals surface area contributed by atoms with Gasteiger partial charge >= 0.3 is 5.97 Å². The summed E-state index contributed by atoms with van der Waals surface area (Å²) in [7, 11) is 0. The van der Waals surface area contributed by atoms with Gasteiger partial charge in [0.2, 0.25) is 0 Å². The van der Waals surface area contributed by atoms with Crippen LogP contribution in [0.2, 0.25) is 0 Å². The lowest BCUT2D eigenvalue weighted by atomic mass is 9.66. The molecule has 1 unspecified atom stereocenters. The molecule has 1 saturated heterocycles. The first kappa shape index (κ1) is 14.8. The van der Waals surface area contributed by atoms with E-state index in [1.807, 2.05) is 0 Å². The standard InChI is InChI=1S/C18H26O3/c1-12-6-7-13-4-2-3-5-17(13)16(12)9-8-15-10-14(19)11-18(20)21-15/h2,4,6-7,12-17,19H,3,5,8-11H2,1H3/t12-,13?,14+,15+,16-,17-/m0/s1. The summed E-state index contributed by atoms with van der Waals surface area (Å²) in [4.78, 5) is 11.4. The molecule has 6 atom stereocenters. The minimum Gasteiger partial charge on any atom is -0.462 e. The van der Waals surface area contributed by atoms with E-state index >= 15 is 0 Å². The average Bonchev–Trinajstić information content (AvgIpc) is 2.45. The Balaban J connectivity index is 1.60. The van der Waals surface area contributed by atoms with Gasteiger partial charge in [0.25, 0.3) is 0 Å². The molecule has 3 nitrogen and oxygen atoms in total. The molecule has 1 fully saturated rings. The van der Waals surface area contributed by atoms with Gasteiger partial charge in [0.15, 0.2) is 0 Å². The lowest BCUT2D eigenvalue weighted by Gasteiger charge is -2.40. The Morgan fingerprint density at radius 1 is 1.29 bits per heavy atom. The van der Waals surface area contributed by atoms with Crippen molar-refractivity contribution < 1.29 is 14.6 Å². The monoisotopic (exact) mass is 290 g/mol. The van der Waals surface area contributed by atoms with E-state index in [-0.39, 0.29) is 18.5 Å². The topological polar surface area (TPSA) is 46.5 Å².